The molecule has 1 aliphatic rings. The summed E-state index contributed by atoms with van der Waals surface area (Å²) in [6, 6.07) is 10.9. The van der Waals surface area contributed by atoms with Gasteiger partial charge >= 0.3 is 0 Å². The number of halogens is 2. The van der Waals surface area contributed by atoms with Gasteiger partial charge in [0.1, 0.15) is 5.82 Å². The zero-order valence-electron chi connectivity index (χ0n) is 16.8. The Hall–Kier alpha value is -1.91. The maximum absolute atomic E-state index is 14.0. The van der Waals surface area contributed by atoms with Gasteiger partial charge in [0.25, 0.3) is 0 Å². The standard InChI is InChI=1S/C23H28ClFN2O/c1-15(2)18-7-4-6-16(3)22(18)26-23(28)17-10-12-27(13-11-17)14-19-20(24)8-5-9-21(19)25/h4-9,15,17H,10-14H2,1-3H3,(H,26,28). The lowest BCUT2D eigenvalue weighted by atomic mass is 9.94. The number of para-hydroxylation sites is 1. The summed E-state index contributed by atoms with van der Waals surface area (Å²) < 4.78 is 14.0. The number of aryl methyl sites for hydroxylation is 1. The molecular weight excluding hydrogens is 375 g/mol. The molecule has 1 aliphatic heterocycles. The summed E-state index contributed by atoms with van der Waals surface area (Å²) in [6.07, 6.45) is 1.53. The van der Waals surface area contributed by atoms with Crippen LogP contribution in [0.15, 0.2) is 36.4 Å². The van der Waals surface area contributed by atoms with Gasteiger partial charge in [0.2, 0.25) is 5.91 Å². The number of amides is 1. The maximum atomic E-state index is 14.0. The molecule has 1 fully saturated rings. The van der Waals surface area contributed by atoms with Gasteiger partial charge in [-0.1, -0.05) is 49.7 Å². The van der Waals surface area contributed by atoms with Crippen molar-refractivity contribution < 1.29 is 9.18 Å². The first-order valence-corrected chi connectivity index (χ1v) is 10.3. The second-order valence-corrected chi connectivity index (χ2v) is 8.34. The van der Waals surface area contributed by atoms with Crippen LogP contribution in [0.25, 0.3) is 0 Å². The molecular formula is C23H28ClFN2O. The molecule has 150 valence electrons. The number of carbonyl (C=O) groups excluding carboxylic acids is 1. The number of hydrogen-bond acceptors (Lipinski definition) is 2. The predicted octanol–water partition coefficient (Wildman–Crippen LogP) is 5.76. The Bertz CT molecular complexity index is 824. The van der Waals surface area contributed by atoms with Crippen molar-refractivity contribution >= 4 is 23.2 Å². The SMILES string of the molecule is Cc1cccc(C(C)C)c1NC(=O)C1CCN(Cc2c(F)cccc2Cl)CC1. The van der Waals surface area contributed by atoms with Crippen LogP contribution in [0.4, 0.5) is 10.1 Å². The Balaban J connectivity index is 1.60. The fourth-order valence-electron chi connectivity index (χ4n) is 3.83. The van der Waals surface area contributed by atoms with Gasteiger partial charge in [0.05, 0.1) is 0 Å². The molecule has 2 aromatic rings. The number of rotatable bonds is 5. The number of piperidine rings is 1. The summed E-state index contributed by atoms with van der Waals surface area (Å²) in [5, 5.41) is 3.63. The van der Waals surface area contributed by atoms with Crippen molar-refractivity contribution in [3.63, 3.8) is 0 Å². The topological polar surface area (TPSA) is 32.3 Å². The van der Waals surface area contributed by atoms with Gasteiger partial charge in [-0.2, -0.15) is 0 Å². The van der Waals surface area contributed by atoms with Crippen LogP contribution >= 0.6 is 11.6 Å². The molecule has 0 aliphatic carbocycles. The molecule has 0 spiro atoms. The number of hydrogen-bond donors (Lipinski definition) is 1. The number of benzene rings is 2. The second kappa shape index (κ2) is 9.06. The molecule has 0 bridgehead atoms. The maximum Gasteiger partial charge on any atom is 0.227 e. The van der Waals surface area contributed by atoms with Gasteiger partial charge in [0.15, 0.2) is 0 Å². The molecule has 1 amide bonds. The molecule has 5 heteroatoms. The van der Waals surface area contributed by atoms with Crippen LogP contribution in [-0.2, 0) is 11.3 Å². The lowest BCUT2D eigenvalue weighted by Crippen LogP contribution is -2.38. The smallest absolute Gasteiger partial charge is 0.227 e. The summed E-state index contributed by atoms with van der Waals surface area (Å²) in [5.41, 5.74) is 3.74. The Kier molecular flexibility index (Phi) is 6.73. The van der Waals surface area contributed by atoms with E-state index in [9.17, 15) is 9.18 Å². The van der Waals surface area contributed by atoms with Crippen LogP contribution in [0.1, 0.15) is 49.3 Å². The van der Waals surface area contributed by atoms with Gasteiger partial charge in [-0.3, -0.25) is 9.69 Å². The molecule has 0 radical (unpaired) electrons. The highest BCUT2D eigenvalue weighted by molar-refractivity contribution is 6.31. The van der Waals surface area contributed by atoms with Crippen molar-refractivity contribution in [3.8, 4) is 0 Å². The van der Waals surface area contributed by atoms with Crippen LogP contribution in [0.2, 0.25) is 5.02 Å². The number of nitrogens with zero attached hydrogens (tertiary/aromatic N) is 1. The molecule has 28 heavy (non-hydrogen) atoms. The van der Waals surface area contributed by atoms with Gasteiger partial charge in [-0.05, 0) is 62.0 Å². The Morgan fingerprint density at radius 3 is 2.54 bits per heavy atom. The van der Waals surface area contributed by atoms with Gasteiger partial charge in [0, 0.05) is 28.7 Å². The van der Waals surface area contributed by atoms with Crippen molar-refractivity contribution in [1.82, 2.24) is 4.90 Å². The number of likely N-dealkylation sites (tertiary alicyclic amines) is 1. The first kappa shape index (κ1) is 20.8. The minimum Gasteiger partial charge on any atom is -0.325 e. The van der Waals surface area contributed by atoms with Crippen molar-refractivity contribution in [3.05, 3.63) is 63.9 Å². The quantitative estimate of drug-likeness (QED) is 0.689. The van der Waals surface area contributed by atoms with E-state index >= 15 is 0 Å². The Morgan fingerprint density at radius 1 is 1.21 bits per heavy atom. The van der Waals surface area contributed by atoms with Gasteiger partial charge in [-0.25, -0.2) is 4.39 Å². The molecule has 0 aromatic heterocycles. The number of carbonyl (C=O) groups is 1. The number of nitrogens with one attached hydrogen (secondary N) is 1. The van der Waals surface area contributed by atoms with E-state index in [0.717, 1.165) is 37.2 Å². The van der Waals surface area contributed by atoms with Crippen LogP contribution in [-0.4, -0.2) is 23.9 Å². The predicted molar refractivity (Wildman–Crippen MR) is 113 cm³/mol. The summed E-state index contributed by atoms with van der Waals surface area (Å²) in [7, 11) is 0. The van der Waals surface area contributed by atoms with Crippen molar-refractivity contribution in [2.75, 3.05) is 18.4 Å². The zero-order valence-corrected chi connectivity index (χ0v) is 17.5. The average Bonchev–Trinajstić information content (AvgIpc) is 2.66. The lowest BCUT2D eigenvalue weighted by molar-refractivity contribution is -0.121. The van der Waals surface area contributed by atoms with E-state index < -0.39 is 0 Å². The van der Waals surface area contributed by atoms with E-state index in [1.807, 2.05) is 19.1 Å². The van der Waals surface area contributed by atoms with Gasteiger partial charge in [-0.15, -0.1) is 0 Å². The van der Waals surface area contributed by atoms with Crippen molar-refractivity contribution in [2.45, 2.75) is 46.1 Å². The summed E-state index contributed by atoms with van der Waals surface area (Å²) in [5.74, 6) is 0.141. The monoisotopic (exact) mass is 402 g/mol. The fourth-order valence-corrected chi connectivity index (χ4v) is 4.05. The highest BCUT2D eigenvalue weighted by Crippen LogP contribution is 2.29. The molecule has 2 aromatic carbocycles. The Morgan fingerprint density at radius 2 is 1.89 bits per heavy atom. The third-order valence-corrected chi connectivity index (χ3v) is 5.93. The Labute approximate surface area is 171 Å². The zero-order chi connectivity index (χ0) is 20.3. The van der Waals surface area contributed by atoms with E-state index in [0.29, 0.717) is 23.0 Å². The third-order valence-electron chi connectivity index (χ3n) is 5.58. The molecule has 3 nitrogen and oxygen atoms in total. The summed E-state index contributed by atoms with van der Waals surface area (Å²) in [4.78, 5) is 15.0. The van der Waals surface area contributed by atoms with E-state index in [4.69, 9.17) is 11.6 Å². The van der Waals surface area contributed by atoms with Crippen LogP contribution < -0.4 is 5.32 Å². The first-order valence-electron chi connectivity index (χ1n) is 9.92. The van der Waals surface area contributed by atoms with Gasteiger partial charge < -0.3 is 5.32 Å². The van der Waals surface area contributed by atoms with Crippen LogP contribution in [0.5, 0.6) is 0 Å². The average molecular weight is 403 g/mol. The molecule has 1 saturated heterocycles. The van der Waals surface area contributed by atoms with E-state index in [-0.39, 0.29) is 17.6 Å². The number of anilines is 1. The first-order chi connectivity index (χ1) is 13.4. The van der Waals surface area contributed by atoms with Crippen molar-refractivity contribution in [1.29, 1.82) is 0 Å². The molecule has 3 rings (SSSR count). The molecule has 0 saturated carbocycles. The molecule has 1 N–H and O–H groups in total. The molecule has 0 unspecified atom stereocenters. The second-order valence-electron chi connectivity index (χ2n) is 7.93. The fraction of sp³-hybridized carbons (Fsp3) is 0.435. The summed E-state index contributed by atoms with van der Waals surface area (Å²) in [6.45, 7) is 8.30. The molecule has 0 atom stereocenters. The van der Waals surface area contributed by atoms with E-state index in [1.54, 1.807) is 12.1 Å². The summed E-state index contributed by atoms with van der Waals surface area (Å²) >= 11 is 6.14. The van der Waals surface area contributed by atoms with E-state index in [1.165, 1.54) is 11.6 Å². The molecule has 1 heterocycles. The normalized spacial score (nSPS) is 15.8. The van der Waals surface area contributed by atoms with Crippen LogP contribution in [0.3, 0.4) is 0 Å². The minimum absolute atomic E-state index is 0.0213. The van der Waals surface area contributed by atoms with Crippen molar-refractivity contribution in [2.24, 2.45) is 5.92 Å². The largest absolute Gasteiger partial charge is 0.325 e. The third kappa shape index (κ3) is 4.73. The minimum atomic E-state index is -0.270. The highest BCUT2D eigenvalue weighted by Gasteiger charge is 2.26. The lowest BCUT2D eigenvalue weighted by Gasteiger charge is -2.32. The van der Waals surface area contributed by atoms with E-state index in [2.05, 4.69) is 30.1 Å². The van der Waals surface area contributed by atoms with Crippen LogP contribution in [0, 0.1) is 18.7 Å². The highest BCUT2D eigenvalue weighted by atomic mass is 35.5.